The maximum atomic E-state index is 11.0. The monoisotopic (exact) mass is 332 g/mol. The Labute approximate surface area is 136 Å². The van der Waals surface area contributed by atoms with Crippen molar-refractivity contribution < 1.29 is 9.26 Å². The maximum absolute atomic E-state index is 11.0. The standard InChI is InChI=1S/C15H13ClN4O3/c1-8(2)22-13-4-3-9(5-10(13)16)11-6-12(18-7-17-11)14-19-15(21)23-20-14/h3-8H,1-2H3,(H,19,20,21). The Kier molecular flexibility index (Phi) is 4.12. The summed E-state index contributed by atoms with van der Waals surface area (Å²) in [6.07, 6.45) is 1.41. The van der Waals surface area contributed by atoms with E-state index in [1.54, 1.807) is 18.2 Å². The molecule has 0 aliphatic carbocycles. The van der Waals surface area contributed by atoms with E-state index in [0.29, 0.717) is 22.2 Å². The van der Waals surface area contributed by atoms with Gasteiger partial charge in [-0.3, -0.25) is 9.51 Å². The van der Waals surface area contributed by atoms with Crippen molar-refractivity contribution in [3.8, 4) is 28.5 Å². The van der Waals surface area contributed by atoms with E-state index < -0.39 is 5.76 Å². The fourth-order valence-electron chi connectivity index (χ4n) is 1.99. The van der Waals surface area contributed by atoms with E-state index in [9.17, 15) is 4.79 Å². The van der Waals surface area contributed by atoms with Crippen molar-refractivity contribution in [1.82, 2.24) is 20.1 Å². The van der Waals surface area contributed by atoms with Gasteiger partial charge in [0.05, 0.1) is 16.8 Å². The van der Waals surface area contributed by atoms with Crippen LogP contribution in [0.5, 0.6) is 5.75 Å². The molecule has 0 spiro atoms. The van der Waals surface area contributed by atoms with Gasteiger partial charge in [0.2, 0.25) is 5.82 Å². The Bertz CT molecular complexity index is 888. The van der Waals surface area contributed by atoms with Crippen molar-refractivity contribution in [2.45, 2.75) is 20.0 Å². The molecule has 0 saturated heterocycles. The molecule has 2 heterocycles. The van der Waals surface area contributed by atoms with Gasteiger partial charge in [-0.15, -0.1) is 0 Å². The lowest BCUT2D eigenvalue weighted by atomic mass is 10.1. The quantitative estimate of drug-likeness (QED) is 0.789. The number of aromatic nitrogens is 4. The highest BCUT2D eigenvalue weighted by Crippen LogP contribution is 2.30. The number of rotatable bonds is 4. The van der Waals surface area contributed by atoms with Gasteiger partial charge in [0.15, 0.2) is 0 Å². The summed E-state index contributed by atoms with van der Waals surface area (Å²) in [6, 6.07) is 7.08. The van der Waals surface area contributed by atoms with Crippen molar-refractivity contribution >= 4 is 11.6 Å². The van der Waals surface area contributed by atoms with Gasteiger partial charge in [-0.2, -0.15) is 0 Å². The Hall–Kier alpha value is -2.67. The Morgan fingerprint density at radius 1 is 1.22 bits per heavy atom. The highest BCUT2D eigenvalue weighted by atomic mass is 35.5. The molecule has 0 saturated carbocycles. The normalized spacial score (nSPS) is 11.0. The molecule has 0 atom stereocenters. The van der Waals surface area contributed by atoms with E-state index in [0.717, 1.165) is 5.56 Å². The van der Waals surface area contributed by atoms with Gasteiger partial charge in [0, 0.05) is 5.56 Å². The van der Waals surface area contributed by atoms with Crippen molar-refractivity contribution in [2.75, 3.05) is 0 Å². The van der Waals surface area contributed by atoms with Crippen LogP contribution in [0.3, 0.4) is 0 Å². The third-order valence-corrected chi connectivity index (χ3v) is 3.24. The first kappa shape index (κ1) is 15.2. The van der Waals surface area contributed by atoms with Crippen LogP contribution in [0.15, 0.2) is 39.9 Å². The molecule has 0 fully saturated rings. The molecular formula is C15H13ClN4O3. The number of hydrogen-bond acceptors (Lipinski definition) is 6. The first-order valence-corrected chi connectivity index (χ1v) is 7.25. The second-order valence-electron chi connectivity index (χ2n) is 5.04. The number of nitrogens with zero attached hydrogens (tertiary/aromatic N) is 3. The van der Waals surface area contributed by atoms with Crippen LogP contribution in [-0.4, -0.2) is 26.2 Å². The van der Waals surface area contributed by atoms with Crippen molar-refractivity contribution in [1.29, 1.82) is 0 Å². The van der Waals surface area contributed by atoms with Gasteiger partial charge in [0.25, 0.3) is 0 Å². The van der Waals surface area contributed by atoms with Gasteiger partial charge in [-0.05, 0) is 38.1 Å². The van der Waals surface area contributed by atoms with E-state index in [2.05, 4.69) is 24.6 Å². The molecule has 0 bridgehead atoms. The van der Waals surface area contributed by atoms with Crippen molar-refractivity contribution in [2.24, 2.45) is 0 Å². The van der Waals surface area contributed by atoms with Gasteiger partial charge in [0.1, 0.15) is 17.8 Å². The summed E-state index contributed by atoms with van der Waals surface area (Å²) in [6.45, 7) is 3.86. The number of H-pyrrole nitrogens is 1. The zero-order valence-electron chi connectivity index (χ0n) is 12.4. The summed E-state index contributed by atoms with van der Waals surface area (Å²) in [5.74, 6) is 0.212. The highest BCUT2D eigenvalue weighted by Gasteiger charge is 2.11. The van der Waals surface area contributed by atoms with Crippen LogP contribution in [0.2, 0.25) is 5.02 Å². The molecule has 1 N–H and O–H groups in total. The molecule has 8 heteroatoms. The molecule has 0 radical (unpaired) electrons. The van der Waals surface area contributed by atoms with Gasteiger partial charge >= 0.3 is 5.76 Å². The smallest absolute Gasteiger partial charge is 0.439 e. The number of halogens is 1. The summed E-state index contributed by atoms with van der Waals surface area (Å²) in [7, 11) is 0. The Balaban J connectivity index is 1.96. The van der Waals surface area contributed by atoms with Crippen LogP contribution in [-0.2, 0) is 0 Å². The van der Waals surface area contributed by atoms with Gasteiger partial charge in [-0.1, -0.05) is 16.8 Å². The first-order chi connectivity index (χ1) is 11.0. The Morgan fingerprint density at radius 2 is 2.00 bits per heavy atom. The van der Waals surface area contributed by atoms with Crippen LogP contribution >= 0.6 is 11.6 Å². The summed E-state index contributed by atoms with van der Waals surface area (Å²) in [5.41, 5.74) is 1.87. The molecule has 0 aliphatic rings. The highest BCUT2D eigenvalue weighted by molar-refractivity contribution is 6.32. The van der Waals surface area contributed by atoms with Crippen LogP contribution in [0.1, 0.15) is 13.8 Å². The fraction of sp³-hybridized carbons (Fsp3) is 0.200. The molecule has 3 rings (SSSR count). The maximum Gasteiger partial charge on any atom is 0.439 e. The second kappa shape index (κ2) is 6.21. The zero-order chi connectivity index (χ0) is 16.4. The number of aromatic amines is 1. The summed E-state index contributed by atoms with van der Waals surface area (Å²) < 4.78 is 10.1. The second-order valence-corrected chi connectivity index (χ2v) is 5.45. The molecule has 0 unspecified atom stereocenters. The predicted octanol–water partition coefficient (Wildman–Crippen LogP) is 2.93. The molecule has 0 amide bonds. The predicted molar refractivity (Wildman–Crippen MR) is 84.4 cm³/mol. The lowest BCUT2D eigenvalue weighted by Crippen LogP contribution is -2.05. The SMILES string of the molecule is CC(C)Oc1ccc(-c2cc(-c3noc(=O)[nH]3)ncn2)cc1Cl. The van der Waals surface area contributed by atoms with Crippen LogP contribution in [0, 0.1) is 0 Å². The number of hydrogen-bond donors (Lipinski definition) is 1. The van der Waals surface area contributed by atoms with Crippen molar-refractivity contribution in [3.63, 3.8) is 0 Å². The average molecular weight is 333 g/mol. The van der Waals surface area contributed by atoms with Crippen LogP contribution in [0.4, 0.5) is 0 Å². The van der Waals surface area contributed by atoms with Crippen LogP contribution < -0.4 is 10.5 Å². The molecule has 23 heavy (non-hydrogen) atoms. The first-order valence-electron chi connectivity index (χ1n) is 6.88. The number of ether oxygens (including phenoxy) is 1. The summed E-state index contributed by atoms with van der Waals surface area (Å²) >= 11 is 6.24. The zero-order valence-corrected chi connectivity index (χ0v) is 13.2. The van der Waals surface area contributed by atoms with Gasteiger partial charge < -0.3 is 4.74 Å². The van der Waals surface area contributed by atoms with E-state index in [1.807, 2.05) is 19.9 Å². The molecule has 3 aromatic rings. The topological polar surface area (TPSA) is 93.9 Å². The van der Waals surface area contributed by atoms with Crippen LogP contribution in [0.25, 0.3) is 22.8 Å². The van der Waals surface area contributed by atoms with E-state index in [-0.39, 0.29) is 11.9 Å². The molecule has 1 aromatic carbocycles. The third kappa shape index (κ3) is 3.40. The minimum absolute atomic E-state index is 0.0352. The number of nitrogens with one attached hydrogen (secondary N) is 1. The summed E-state index contributed by atoms with van der Waals surface area (Å²) in [4.78, 5) is 21.8. The van der Waals surface area contributed by atoms with E-state index >= 15 is 0 Å². The third-order valence-electron chi connectivity index (χ3n) is 2.94. The molecular weight excluding hydrogens is 320 g/mol. The molecule has 2 aromatic heterocycles. The number of benzene rings is 1. The van der Waals surface area contributed by atoms with E-state index in [1.165, 1.54) is 6.33 Å². The molecule has 118 valence electrons. The lowest BCUT2D eigenvalue weighted by Gasteiger charge is -2.12. The molecule has 7 nitrogen and oxygen atoms in total. The Morgan fingerprint density at radius 3 is 2.65 bits per heavy atom. The lowest BCUT2D eigenvalue weighted by molar-refractivity contribution is 0.242. The average Bonchev–Trinajstić information content (AvgIpc) is 2.96. The van der Waals surface area contributed by atoms with E-state index in [4.69, 9.17) is 16.3 Å². The summed E-state index contributed by atoms with van der Waals surface area (Å²) in [5, 5.41) is 4.10. The van der Waals surface area contributed by atoms with Gasteiger partial charge in [-0.25, -0.2) is 14.8 Å². The molecule has 0 aliphatic heterocycles. The van der Waals surface area contributed by atoms with Crippen molar-refractivity contribution in [3.05, 3.63) is 46.2 Å². The fourth-order valence-corrected chi connectivity index (χ4v) is 2.22. The minimum Gasteiger partial charge on any atom is -0.489 e. The minimum atomic E-state index is -0.640. The largest absolute Gasteiger partial charge is 0.489 e.